The second-order valence-electron chi connectivity index (χ2n) is 32.4. The van der Waals surface area contributed by atoms with Crippen LogP contribution in [0.4, 0.5) is 8.78 Å². The van der Waals surface area contributed by atoms with Crippen molar-refractivity contribution in [1.82, 2.24) is 0 Å². The lowest BCUT2D eigenvalue weighted by Crippen LogP contribution is -2.30. The van der Waals surface area contributed by atoms with Crippen LogP contribution in [0.15, 0.2) is 97.1 Å². The molecule has 0 amide bonds. The number of benzene rings is 6. The summed E-state index contributed by atoms with van der Waals surface area (Å²) in [6.45, 7) is 49.9. The first-order valence-corrected chi connectivity index (χ1v) is 30.4. The first kappa shape index (κ1) is 64.0. The Kier molecular flexibility index (Phi) is 18.0. The van der Waals surface area contributed by atoms with Crippen LogP contribution < -0.4 is 9.47 Å². The maximum absolute atomic E-state index is 15.8. The van der Waals surface area contributed by atoms with Gasteiger partial charge in [0.15, 0.2) is 0 Å². The van der Waals surface area contributed by atoms with E-state index in [2.05, 4.69) is 213 Å². The molecule has 7 rings (SSSR count). The maximum atomic E-state index is 15.8. The number of phenolic OH excluding ortho intramolecular Hbond substituents is 2. The average Bonchev–Trinajstić information content (AvgIpc) is 3.28. The molecule has 6 heteroatoms. The lowest BCUT2D eigenvalue weighted by Gasteiger charge is -2.34. The molecule has 0 unspecified atom stereocenters. The molecule has 82 heavy (non-hydrogen) atoms. The Morgan fingerprint density at radius 1 is 0.366 bits per heavy atom. The van der Waals surface area contributed by atoms with Gasteiger partial charge in [0.25, 0.3) is 0 Å². The molecule has 0 saturated heterocycles. The molecule has 1 aliphatic rings. The van der Waals surface area contributed by atoms with Crippen molar-refractivity contribution < 1.29 is 28.5 Å². The molecule has 1 saturated carbocycles. The van der Waals surface area contributed by atoms with Gasteiger partial charge in [-0.15, -0.1) is 0 Å². The Morgan fingerprint density at radius 3 is 0.939 bits per heavy atom. The normalized spacial score (nSPS) is 16.1. The Labute approximate surface area is 494 Å². The second-order valence-corrected chi connectivity index (χ2v) is 32.4. The molecular formula is C76H102F2O4. The Hall–Kier alpha value is -5.62. The molecule has 2 atom stereocenters. The third-order valence-corrected chi connectivity index (χ3v) is 17.1. The van der Waals surface area contributed by atoms with E-state index in [1.165, 1.54) is 46.5 Å². The zero-order valence-corrected chi connectivity index (χ0v) is 54.5. The largest absolute Gasteiger partial charge is 0.507 e. The number of ether oxygens (including phenoxy) is 2. The van der Waals surface area contributed by atoms with E-state index < -0.39 is 11.6 Å². The molecule has 0 aliphatic heterocycles. The standard InChI is InChI=1S/C76H102F2O4/c1-69(2,3)45-75(19,20)55-37-59(49-31-51(71(7,8)9)35-52(32-49)72(10,11)12)67(79)63(39-55)61-41-57(77)27-29-65(61)81-43-47-25-23-24-26-48(47)44-82-66-30-28-58(78)42-62(66)64-40-56(76(21,22)46-70(4,5)6)38-60(68(64)80)50-33-53(73(13,14)15)36-54(34-50)74(16,17)18/h27-42,47-48,79-80H,23-26,43-46H2,1-22H3/t47-,48+. The van der Waals surface area contributed by atoms with Crippen LogP contribution in [-0.2, 0) is 32.5 Å². The van der Waals surface area contributed by atoms with E-state index in [9.17, 15) is 10.2 Å². The minimum Gasteiger partial charge on any atom is -0.507 e. The predicted molar refractivity (Wildman–Crippen MR) is 343 cm³/mol. The summed E-state index contributed by atoms with van der Waals surface area (Å²) in [6.07, 6.45) is 5.64. The van der Waals surface area contributed by atoms with Gasteiger partial charge in [-0.3, -0.25) is 0 Å². The van der Waals surface area contributed by atoms with Crippen molar-refractivity contribution in [2.75, 3.05) is 13.2 Å². The minimum atomic E-state index is -0.416. The van der Waals surface area contributed by atoms with Crippen molar-refractivity contribution in [3.8, 4) is 67.5 Å². The Balaban J connectivity index is 1.27. The van der Waals surface area contributed by atoms with E-state index in [1.54, 1.807) is 12.1 Å². The first-order chi connectivity index (χ1) is 37.5. The number of hydrogen-bond acceptors (Lipinski definition) is 4. The zero-order valence-electron chi connectivity index (χ0n) is 54.5. The quantitative estimate of drug-likeness (QED) is 0.114. The summed E-state index contributed by atoms with van der Waals surface area (Å²) < 4.78 is 45.4. The number of rotatable bonds is 14. The molecule has 1 fully saturated rings. The van der Waals surface area contributed by atoms with Crippen LogP contribution in [-0.4, -0.2) is 23.4 Å². The van der Waals surface area contributed by atoms with Gasteiger partial charge in [-0.25, -0.2) is 8.78 Å². The fourth-order valence-corrected chi connectivity index (χ4v) is 12.8. The van der Waals surface area contributed by atoms with Gasteiger partial charge in [-0.05, 0) is 186 Å². The molecule has 444 valence electrons. The van der Waals surface area contributed by atoms with Crippen molar-refractivity contribution >= 4 is 0 Å². The monoisotopic (exact) mass is 1120 g/mol. The molecule has 0 spiro atoms. The molecule has 6 aromatic rings. The van der Waals surface area contributed by atoms with Crippen molar-refractivity contribution in [2.24, 2.45) is 22.7 Å². The Bertz CT molecular complexity index is 2970. The van der Waals surface area contributed by atoms with E-state index in [0.717, 1.165) is 60.8 Å². The number of halogens is 2. The van der Waals surface area contributed by atoms with Crippen LogP contribution >= 0.6 is 0 Å². The van der Waals surface area contributed by atoms with E-state index in [4.69, 9.17) is 9.47 Å². The van der Waals surface area contributed by atoms with Gasteiger partial charge in [0.05, 0.1) is 13.2 Å². The van der Waals surface area contributed by atoms with Crippen LogP contribution in [0.3, 0.4) is 0 Å². The summed E-state index contributed by atoms with van der Waals surface area (Å²) in [5.74, 6) is 0.517. The van der Waals surface area contributed by atoms with Crippen LogP contribution in [0.1, 0.15) is 224 Å². The summed E-state index contributed by atoms with van der Waals surface area (Å²) in [5, 5.41) is 25.4. The van der Waals surface area contributed by atoms with Crippen molar-refractivity contribution in [2.45, 2.75) is 223 Å². The maximum Gasteiger partial charge on any atom is 0.131 e. The van der Waals surface area contributed by atoms with Crippen molar-refractivity contribution in [3.63, 3.8) is 0 Å². The third kappa shape index (κ3) is 15.4. The topological polar surface area (TPSA) is 58.9 Å². The van der Waals surface area contributed by atoms with Crippen LogP contribution in [0.25, 0.3) is 44.5 Å². The van der Waals surface area contributed by atoms with Gasteiger partial charge in [0.1, 0.15) is 34.6 Å². The highest BCUT2D eigenvalue weighted by Gasteiger charge is 2.34. The van der Waals surface area contributed by atoms with E-state index in [0.29, 0.717) is 58.1 Å². The van der Waals surface area contributed by atoms with Gasteiger partial charge >= 0.3 is 0 Å². The summed E-state index contributed by atoms with van der Waals surface area (Å²) in [6, 6.07) is 31.1. The lowest BCUT2D eigenvalue weighted by molar-refractivity contribution is 0.105. The van der Waals surface area contributed by atoms with Crippen LogP contribution in [0.5, 0.6) is 23.0 Å². The average molecular weight is 1120 g/mol. The molecular weight excluding hydrogens is 1010 g/mol. The molecule has 0 radical (unpaired) electrons. The van der Waals surface area contributed by atoms with Crippen molar-refractivity contribution in [3.05, 3.63) is 142 Å². The van der Waals surface area contributed by atoms with Gasteiger partial charge in [0, 0.05) is 33.4 Å². The van der Waals surface area contributed by atoms with Crippen molar-refractivity contribution in [1.29, 1.82) is 0 Å². The van der Waals surface area contributed by atoms with Gasteiger partial charge in [0.2, 0.25) is 0 Å². The molecule has 0 bridgehead atoms. The molecule has 4 nitrogen and oxygen atoms in total. The Morgan fingerprint density at radius 2 is 0.659 bits per heavy atom. The summed E-state index contributed by atoms with van der Waals surface area (Å²) in [5.41, 5.74) is 10.9. The highest BCUT2D eigenvalue weighted by Crippen LogP contribution is 2.51. The predicted octanol–water partition coefficient (Wildman–Crippen LogP) is 21.9. The summed E-state index contributed by atoms with van der Waals surface area (Å²) in [7, 11) is 0. The highest BCUT2D eigenvalue weighted by atomic mass is 19.1. The SMILES string of the molecule is CC(C)(C)CC(C)(C)c1cc(-c2cc(C(C)(C)C)cc(C(C)(C)C)c2)c(O)c(-c2cc(F)ccc2OC[C@H]2CCCC[C@H]2COc2ccc(F)cc2-c2cc(C(C)(C)CC(C)(C)C)cc(-c3cc(C(C)(C)C)cc(C(C)(C)C)c3)c2O)c1. The minimum absolute atomic E-state index is 0.00822. The summed E-state index contributed by atoms with van der Waals surface area (Å²) in [4.78, 5) is 0. The first-order valence-electron chi connectivity index (χ1n) is 30.4. The smallest absolute Gasteiger partial charge is 0.131 e. The molecule has 0 aromatic heterocycles. The fourth-order valence-electron chi connectivity index (χ4n) is 12.8. The highest BCUT2D eigenvalue weighted by molar-refractivity contribution is 5.87. The van der Waals surface area contributed by atoms with Gasteiger partial charge in [-0.1, -0.05) is 202 Å². The molecule has 2 N–H and O–H groups in total. The van der Waals surface area contributed by atoms with E-state index in [-0.39, 0.29) is 66.7 Å². The molecule has 0 heterocycles. The molecule has 1 aliphatic carbocycles. The van der Waals surface area contributed by atoms with Gasteiger partial charge < -0.3 is 19.7 Å². The number of hydrogen-bond donors (Lipinski definition) is 2. The lowest BCUT2D eigenvalue weighted by atomic mass is 9.71. The number of aromatic hydroxyl groups is 2. The second kappa shape index (κ2) is 23.1. The van der Waals surface area contributed by atoms with E-state index in [1.807, 2.05) is 0 Å². The van der Waals surface area contributed by atoms with Gasteiger partial charge in [-0.2, -0.15) is 0 Å². The van der Waals surface area contributed by atoms with Crippen LogP contribution in [0, 0.1) is 34.3 Å². The molecule has 6 aromatic carbocycles. The zero-order chi connectivity index (χ0) is 61.1. The van der Waals surface area contributed by atoms with Crippen LogP contribution in [0.2, 0.25) is 0 Å². The third-order valence-electron chi connectivity index (χ3n) is 17.1. The summed E-state index contributed by atoms with van der Waals surface area (Å²) >= 11 is 0. The number of phenols is 2. The fraction of sp³-hybridized carbons (Fsp3) is 0.526. The van der Waals surface area contributed by atoms with E-state index >= 15 is 8.78 Å².